The lowest BCUT2D eigenvalue weighted by Gasteiger charge is -2.17. The number of nitrogens with zero attached hydrogens (tertiary/aromatic N) is 1. The van der Waals surface area contributed by atoms with Crippen LogP contribution in [0.5, 0.6) is 0 Å². The Morgan fingerprint density at radius 2 is 2.05 bits per heavy atom. The second-order valence-corrected chi connectivity index (χ2v) is 5.64. The SMILES string of the molecule is CNC(=O)[C@@H](NC(=O)Nc1n[nH]c(=S)s1)c1ccccc1. The number of hydrogen-bond acceptors (Lipinski definition) is 5. The average Bonchev–Trinajstić information content (AvgIpc) is 2.90. The first-order valence-corrected chi connectivity index (χ1v) is 7.22. The molecule has 2 aromatic rings. The summed E-state index contributed by atoms with van der Waals surface area (Å²) in [7, 11) is 1.51. The fraction of sp³-hybridized carbons (Fsp3) is 0.167. The Kier molecular flexibility index (Phi) is 5.01. The highest BCUT2D eigenvalue weighted by atomic mass is 32.1. The van der Waals surface area contributed by atoms with Crippen LogP contribution in [0.3, 0.4) is 0 Å². The van der Waals surface area contributed by atoms with E-state index in [1.54, 1.807) is 24.3 Å². The second-order valence-electron chi connectivity index (χ2n) is 3.97. The zero-order chi connectivity index (χ0) is 15.2. The minimum absolute atomic E-state index is 0.314. The minimum Gasteiger partial charge on any atom is -0.357 e. The van der Waals surface area contributed by atoms with Crippen LogP contribution in [0.2, 0.25) is 0 Å². The highest BCUT2D eigenvalue weighted by Crippen LogP contribution is 2.14. The highest BCUT2D eigenvalue weighted by molar-refractivity contribution is 7.73. The summed E-state index contributed by atoms with van der Waals surface area (Å²) in [4.78, 5) is 23.9. The number of aromatic amines is 1. The molecule has 0 saturated heterocycles. The Morgan fingerprint density at radius 1 is 1.33 bits per heavy atom. The molecule has 0 bridgehead atoms. The summed E-state index contributed by atoms with van der Waals surface area (Å²) in [5.41, 5.74) is 0.682. The number of carbonyl (C=O) groups is 2. The van der Waals surface area contributed by atoms with Crippen LogP contribution in [-0.4, -0.2) is 29.2 Å². The van der Waals surface area contributed by atoms with Crippen molar-refractivity contribution in [3.8, 4) is 0 Å². The van der Waals surface area contributed by atoms with Crippen molar-refractivity contribution in [3.05, 3.63) is 39.8 Å². The number of anilines is 1. The molecule has 4 N–H and O–H groups in total. The molecular weight excluding hydrogens is 310 g/mol. The van der Waals surface area contributed by atoms with Crippen LogP contribution in [-0.2, 0) is 4.79 Å². The van der Waals surface area contributed by atoms with E-state index in [4.69, 9.17) is 12.2 Å². The van der Waals surface area contributed by atoms with E-state index >= 15 is 0 Å². The fourth-order valence-electron chi connectivity index (χ4n) is 1.64. The number of rotatable bonds is 4. The number of H-pyrrole nitrogens is 1. The topological polar surface area (TPSA) is 98.9 Å². The summed E-state index contributed by atoms with van der Waals surface area (Å²) in [6, 6.07) is 7.63. The van der Waals surface area contributed by atoms with Gasteiger partial charge in [0, 0.05) is 7.05 Å². The lowest BCUT2D eigenvalue weighted by atomic mass is 10.1. The number of benzene rings is 1. The molecule has 9 heteroatoms. The van der Waals surface area contributed by atoms with Crippen molar-refractivity contribution in [2.45, 2.75) is 6.04 Å². The zero-order valence-electron chi connectivity index (χ0n) is 11.0. The monoisotopic (exact) mass is 323 g/mol. The molecule has 21 heavy (non-hydrogen) atoms. The van der Waals surface area contributed by atoms with Crippen molar-refractivity contribution in [1.29, 1.82) is 0 Å². The maximum atomic E-state index is 11.9. The summed E-state index contributed by atoms with van der Waals surface area (Å²) in [6.07, 6.45) is 0. The normalized spacial score (nSPS) is 11.5. The van der Waals surface area contributed by atoms with Crippen molar-refractivity contribution >= 4 is 40.6 Å². The summed E-state index contributed by atoms with van der Waals surface area (Å²) in [6.45, 7) is 0. The van der Waals surface area contributed by atoms with E-state index in [9.17, 15) is 9.59 Å². The van der Waals surface area contributed by atoms with E-state index < -0.39 is 12.1 Å². The second kappa shape index (κ2) is 6.95. The maximum absolute atomic E-state index is 11.9. The van der Waals surface area contributed by atoms with E-state index in [0.717, 1.165) is 11.3 Å². The standard InChI is InChI=1S/C12H13N5O2S2/c1-13-9(18)8(7-5-3-2-4-6-7)14-10(19)15-11-16-17-12(20)21-11/h2-6,8H,1H3,(H,13,18)(H,17,20)(H2,14,15,16,19)/t8-/m0/s1. The molecule has 110 valence electrons. The summed E-state index contributed by atoms with van der Waals surface area (Å²) in [5.74, 6) is -0.314. The van der Waals surface area contributed by atoms with E-state index in [1.165, 1.54) is 7.05 Å². The number of carbonyl (C=O) groups excluding carboxylic acids is 2. The van der Waals surface area contributed by atoms with Crippen molar-refractivity contribution < 1.29 is 9.59 Å². The van der Waals surface area contributed by atoms with Crippen LogP contribution in [0, 0.1) is 3.95 Å². The number of amides is 3. The molecule has 0 unspecified atom stereocenters. The van der Waals surface area contributed by atoms with Crippen molar-refractivity contribution in [2.75, 3.05) is 12.4 Å². The van der Waals surface area contributed by atoms with E-state index in [2.05, 4.69) is 26.1 Å². The Morgan fingerprint density at radius 3 is 2.62 bits per heavy atom. The van der Waals surface area contributed by atoms with Gasteiger partial charge in [-0.25, -0.2) is 4.79 Å². The minimum atomic E-state index is -0.789. The molecule has 7 nitrogen and oxygen atoms in total. The van der Waals surface area contributed by atoms with Gasteiger partial charge in [0.1, 0.15) is 6.04 Å². The van der Waals surface area contributed by atoms with Crippen molar-refractivity contribution in [1.82, 2.24) is 20.8 Å². The Hall–Kier alpha value is -2.26. The predicted molar refractivity (Wildman–Crippen MR) is 82.7 cm³/mol. The lowest BCUT2D eigenvalue weighted by molar-refractivity contribution is -0.122. The third-order valence-electron chi connectivity index (χ3n) is 2.58. The van der Waals surface area contributed by atoms with Gasteiger partial charge in [0.2, 0.25) is 11.0 Å². The highest BCUT2D eigenvalue weighted by Gasteiger charge is 2.21. The fourth-order valence-corrected chi connectivity index (χ4v) is 2.42. The molecule has 1 heterocycles. The number of likely N-dealkylation sites (N-methyl/N-ethyl adjacent to an activating group) is 1. The molecule has 1 aromatic heterocycles. The average molecular weight is 323 g/mol. The Bertz CT molecular complexity index is 682. The Balaban J connectivity index is 2.10. The lowest BCUT2D eigenvalue weighted by Crippen LogP contribution is -2.41. The molecule has 0 fully saturated rings. The van der Waals surface area contributed by atoms with Crippen LogP contribution in [0.25, 0.3) is 0 Å². The van der Waals surface area contributed by atoms with Crippen LogP contribution in [0.1, 0.15) is 11.6 Å². The van der Waals surface area contributed by atoms with E-state index in [1.807, 2.05) is 6.07 Å². The van der Waals surface area contributed by atoms with Gasteiger partial charge in [-0.1, -0.05) is 41.7 Å². The number of urea groups is 1. The van der Waals surface area contributed by atoms with Gasteiger partial charge in [-0.05, 0) is 17.8 Å². The molecular formula is C12H13N5O2S2. The van der Waals surface area contributed by atoms with Crippen LogP contribution < -0.4 is 16.0 Å². The summed E-state index contributed by atoms with van der Waals surface area (Å²) in [5, 5.41) is 14.3. The first-order valence-electron chi connectivity index (χ1n) is 5.99. The van der Waals surface area contributed by atoms with Gasteiger partial charge in [-0.15, -0.1) is 5.10 Å². The quantitative estimate of drug-likeness (QED) is 0.645. The predicted octanol–water partition coefficient (Wildman–Crippen LogP) is 1.81. The Labute approximate surface area is 129 Å². The molecule has 0 aliphatic rings. The molecule has 0 aliphatic heterocycles. The largest absolute Gasteiger partial charge is 0.357 e. The van der Waals surface area contributed by atoms with Gasteiger partial charge in [-0.3, -0.25) is 15.2 Å². The number of nitrogens with one attached hydrogen (secondary N) is 4. The number of aromatic nitrogens is 2. The maximum Gasteiger partial charge on any atom is 0.322 e. The van der Waals surface area contributed by atoms with Gasteiger partial charge in [0.15, 0.2) is 3.95 Å². The third kappa shape index (κ3) is 4.10. The molecule has 0 aliphatic carbocycles. The molecule has 0 radical (unpaired) electrons. The van der Waals surface area contributed by atoms with Crippen LogP contribution >= 0.6 is 23.6 Å². The molecule has 1 aromatic carbocycles. The van der Waals surface area contributed by atoms with E-state index in [0.29, 0.717) is 14.6 Å². The third-order valence-corrected chi connectivity index (χ3v) is 3.58. The van der Waals surface area contributed by atoms with Crippen molar-refractivity contribution in [2.24, 2.45) is 0 Å². The van der Waals surface area contributed by atoms with Gasteiger partial charge in [0.25, 0.3) is 0 Å². The van der Waals surface area contributed by atoms with Gasteiger partial charge in [-0.2, -0.15) is 0 Å². The number of hydrogen-bond donors (Lipinski definition) is 4. The summed E-state index contributed by atoms with van der Waals surface area (Å²) >= 11 is 6.00. The molecule has 0 spiro atoms. The summed E-state index contributed by atoms with van der Waals surface area (Å²) < 4.78 is 0.455. The van der Waals surface area contributed by atoms with Crippen molar-refractivity contribution in [3.63, 3.8) is 0 Å². The molecule has 2 rings (SSSR count). The molecule has 0 saturated carbocycles. The first kappa shape index (κ1) is 15.1. The smallest absolute Gasteiger partial charge is 0.322 e. The zero-order valence-corrected chi connectivity index (χ0v) is 12.7. The van der Waals surface area contributed by atoms with Crippen LogP contribution in [0.4, 0.5) is 9.93 Å². The molecule has 3 amide bonds. The first-order chi connectivity index (χ1) is 10.1. The van der Waals surface area contributed by atoms with Gasteiger partial charge in [0.05, 0.1) is 0 Å². The van der Waals surface area contributed by atoms with Crippen LogP contribution in [0.15, 0.2) is 30.3 Å². The van der Waals surface area contributed by atoms with Gasteiger partial charge < -0.3 is 10.6 Å². The molecule has 1 atom stereocenters. The van der Waals surface area contributed by atoms with Gasteiger partial charge >= 0.3 is 6.03 Å². The van der Waals surface area contributed by atoms with E-state index in [-0.39, 0.29) is 5.91 Å².